The van der Waals surface area contributed by atoms with Crippen molar-refractivity contribution >= 4 is 5.97 Å². The number of methoxy groups -OCH3 is 1. The van der Waals surface area contributed by atoms with Crippen LogP contribution in [0.4, 0.5) is 0 Å². The SMILES string of the molecule is COC(=O)C(C)(C)CC1CCOCC1. The van der Waals surface area contributed by atoms with E-state index in [2.05, 4.69) is 0 Å². The van der Waals surface area contributed by atoms with Crippen LogP contribution < -0.4 is 0 Å². The highest BCUT2D eigenvalue weighted by Crippen LogP contribution is 2.31. The number of hydrogen-bond donors (Lipinski definition) is 0. The molecule has 1 heterocycles. The highest BCUT2D eigenvalue weighted by atomic mass is 16.5. The third-order valence-electron chi connectivity index (χ3n) is 2.88. The van der Waals surface area contributed by atoms with Gasteiger partial charge in [0.15, 0.2) is 0 Å². The third-order valence-corrected chi connectivity index (χ3v) is 2.88. The summed E-state index contributed by atoms with van der Waals surface area (Å²) in [4.78, 5) is 11.5. The quantitative estimate of drug-likeness (QED) is 0.654. The fourth-order valence-electron chi connectivity index (χ4n) is 2.03. The maximum absolute atomic E-state index is 11.5. The van der Waals surface area contributed by atoms with Crippen LogP contribution in [0.2, 0.25) is 0 Å². The van der Waals surface area contributed by atoms with E-state index >= 15 is 0 Å². The molecule has 0 N–H and O–H groups in total. The molecule has 14 heavy (non-hydrogen) atoms. The van der Waals surface area contributed by atoms with Crippen molar-refractivity contribution in [1.82, 2.24) is 0 Å². The van der Waals surface area contributed by atoms with Gasteiger partial charge >= 0.3 is 5.97 Å². The first-order chi connectivity index (χ1) is 6.56. The molecule has 0 unspecified atom stereocenters. The van der Waals surface area contributed by atoms with E-state index in [1.807, 2.05) is 13.8 Å². The highest BCUT2D eigenvalue weighted by molar-refractivity contribution is 5.75. The number of rotatable bonds is 3. The minimum Gasteiger partial charge on any atom is -0.469 e. The summed E-state index contributed by atoms with van der Waals surface area (Å²) in [5.74, 6) is 0.502. The molecule has 0 bridgehead atoms. The molecule has 82 valence electrons. The van der Waals surface area contributed by atoms with Gasteiger partial charge in [0.05, 0.1) is 12.5 Å². The molecular formula is C11H20O3. The lowest BCUT2D eigenvalue weighted by Gasteiger charge is -2.29. The van der Waals surface area contributed by atoms with Gasteiger partial charge in [-0.15, -0.1) is 0 Å². The zero-order chi connectivity index (χ0) is 10.6. The second-order valence-electron chi connectivity index (χ2n) is 4.64. The lowest BCUT2D eigenvalue weighted by Crippen LogP contribution is -2.30. The van der Waals surface area contributed by atoms with E-state index in [0.29, 0.717) is 5.92 Å². The fraction of sp³-hybridized carbons (Fsp3) is 0.909. The van der Waals surface area contributed by atoms with Gasteiger partial charge in [0.2, 0.25) is 0 Å². The van der Waals surface area contributed by atoms with Gasteiger partial charge in [-0.2, -0.15) is 0 Å². The molecule has 0 aromatic carbocycles. The topological polar surface area (TPSA) is 35.5 Å². The smallest absolute Gasteiger partial charge is 0.311 e. The Labute approximate surface area is 85.8 Å². The maximum atomic E-state index is 11.5. The van der Waals surface area contributed by atoms with Crippen LogP contribution in [0.1, 0.15) is 33.1 Å². The molecular weight excluding hydrogens is 180 g/mol. The third kappa shape index (κ3) is 2.98. The second-order valence-corrected chi connectivity index (χ2v) is 4.64. The lowest BCUT2D eigenvalue weighted by molar-refractivity contribution is -0.152. The Bertz CT molecular complexity index is 193. The molecule has 0 aliphatic carbocycles. The minimum absolute atomic E-state index is 0.107. The van der Waals surface area contributed by atoms with Gasteiger partial charge in [-0.3, -0.25) is 4.79 Å². The number of carbonyl (C=O) groups excluding carboxylic acids is 1. The molecule has 1 aliphatic rings. The molecule has 1 fully saturated rings. The molecule has 3 nitrogen and oxygen atoms in total. The van der Waals surface area contributed by atoms with Gasteiger partial charge < -0.3 is 9.47 Å². The summed E-state index contributed by atoms with van der Waals surface area (Å²) < 4.78 is 10.1. The molecule has 0 radical (unpaired) electrons. The van der Waals surface area contributed by atoms with Gasteiger partial charge in [-0.05, 0) is 39.0 Å². The average Bonchev–Trinajstić information content (AvgIpc) is 2.17. The number of hydrogen-bond acceptors (Lipinski definition) is 3. The van der Waals surface area contributed by atoms with Crippen LogP contribution in [0.15, 0.2) is 0 Å². The van der Waals surface area contributed by atoms with Crippen molar-refractivity contribution in [3.63, 3.8) is 0 Å². The van der Waals surface area contributed by atoms with Crippen molar-refractivity contribution in [2.24, 2.45) is 11.3 Å². The van der Waals surface area contributed by atoms with E-state index in [9.17, 15) is 4.79 Å². The Morgan fingerprint density at radius 2 is 2.00 bits per heavy atom. The Hall–Kier alpha value is -0.570. The molecule has 0 aromatic heterocycles. The predicted octanol–water partition coefficient (Wildman–Crippen LogP) is 2.00. The molecule has 1 saturated heterocycles. The molecule has 3 heteroatoms. The zero-order valence-corrected chi connectivity index (χ0v) is 9.34. The van der Waals surface area contributed by atoms with Gasteiger partial charge in [0.1, 0.15) is 0 Å². The standard InChI is InChI=1S/C11H20O3/c1-11(2,10(12)13-3)8-9-4-6-14-7-5-9/h9H,4-8H2,1-3H3. The first kappa shape index (κ1) is 11.5. The summed E-state index contributed by atoms with van der Waals surface area (Å²) in [6, 6.07) is 0. The molecule has 0 spiro atoms. The van der Waals surface area contributed by atoms with Crippen molar-refractivity contribution in [2.45, 2.75) is 33.1 Å². The lowest BCUT2D eigenvalue weighted by atomic mass is 9.80. The number of esters is 1. The largest absolute Gasteiger partial charge is 0.469 e. The zero-order valence-electron chi connectivity index (χ0n) is 9.34. The average molecular weight is 200 g/mol. The van der Waals surface area contributed by atoms with Crippen LogP contribution >= 0.6 is 0 Å². The number of ether oxygens (including phenoxy) is 2. The summed E-state index contributed by atoms with van der Waals surface area (Å²) in [5, 5.41) is 0. The van der Waals surface area contributed by atoms with Gasteiger partial charge in [0.25, 0.3) is 0 Å². The highest BCUT2D eigenvalue weighted by Gasteiger charge is 2.32. The van der Waals surface area contributed by atoms with Crippen molar-refractivity contribution in [3.8, 4) is 0 Å². The Morgan fingerprint density at radius 3 is 2.50 bits per heavy atom. The predicted molar refractivity (Wildman–Crippen MR) is 54.0 cm³/mol. The Kier molecular flexibility index (Phi) is 3.93. The Morgan fingerprint density at radius 1 is 1.43 bits per heavy atom. The van der Waals surface area contributed by atoms with E-state index in [1.165, 1.54) is 7.11 Å². The second kappa shape index (κ2) is 4.78. The molecule has 1 rings (SSSR count). The van der Waals surface area contributed by atoms with Crippen LogP contribution in [0.3, 0.4) is 0 Å². The maximum Gasteiger partial charge on any atom is 0.311 e. The molecule has 0 aromatic rings. The van der Waals surface area contributed by atoms with Crippen LogP contribution in [-0.4, -0.2) is 26.3 Å². The van der Waals surface area contributed by atoms with Crippen LogP contribution in [0.25, 0.3) is 0 Å². The normalized spacial score (nSPS) is 19.4. The first-order valence-corrected chi connectivity index (χ1v) is 5.22. The summed E-state index contributed by atoms with van der Waals surface area (Å²) in [6.07, 6.45) is 3.05. The summed E-state index contributed by atoms with van der Waals surface area (Å²) in [7, 11) is 1.45. The van der Waals surface area contributed by atoms with Crippen molar-refractivity contribution in [1.29, 1.82) is 0 Å². The number of carbonyl (C=O) groups is 1. The minimum atomic E-state index is -0.350. The van der Waals surface area contributed by atoms with Gasteiger partial charge in [-0.1, -0.05) is 0 Å². The molecule has 0 atom stereocenters. The fourth-order valence-corrected chi connectivity index (χ4v) is 2.03. The van der Waals surface area contributed by atoms with Crippen LogP contribution in [0.5, 0.6) is 0 Å². The van der Waals surface area contributed by atoms with E-state index < -0.39 is 0 Å². The van der Waals surface area contributed by atoms with Gasteiger partial charge in [0, 0.05) is 13.2 Å². The van der Waals surface area contributed by atoms with Crippen LogP contribution in [0, 0.1) is 11.3 Å². The first-order valence-electron chi connectivity index (χ1n) is 5.22. The monoisotopic (exact) mass is 200 g/mol. The molecule has 1 aliphatic heterocycles. The van der Waals surface area contributed by atoms with E-state index in [0.717, 1.165) is 32.5 Å². The van der Waals surface area contributed by atoms with E-state index in [1.54, 1.807) is 0 Å². The van der Waals surface area contributed by atoms with Gasteiger partial charge in [-0.25, -0.2) is 0 Å². The van der Waals surface area contributed by atoms with Crippen molar-refractivity contribution in [3.05, 3.63) is 0 Å². The summed E-state index contributed by atoms with van der Waals surface area (Å²) in [5.41, 5.74) is -0.350. The summed E-state index contributed by atoms with van der Waals surface area (Å²) in [6.45, 7) is 5.58. The van der Waals surface area contributed by atoms with E-state index in [-0.39, 0.29) is 11.4 Å². The van der Waals surface area contributed by atoms with Crippen molar-refractivity contribution in [2.75, 3.05) is 20.3 Å². The summed E-state index contributed by atoms with van der Waals surface area (Å²) >= 11 is 0. The Balaban J connectivity index is 2.44. The van der Waals surface area contributed by atoms with Crippen LogP contribution in [-0.2, 0) is 14.3 Å². The molecule has 0 amide bonds. The molecule has 0 saturated carbocycles. The van der Waals surface area contributed by atoms with Crippen molar-refractivity contribution < 1.29 is 14.3 Å². The van der Waals surface area contributed by atoms with E-state index in [4.69, 9.17) is 9.47 Å².